The average molecular weight is 443 g/mol. The van der Waals surface area contributed by atoms with Crippen LogP contribution in [0, 0.1) is 0 Å². The van der Waals surface area contributed by atoms with Gasteiger partial charge in [0.15, 0.2) is 0 Å². The number of halogens is 6. The van der Waals surface area contributed by atoms with Gasteiger partial charge in [0.05, 0.1) is 36.0 Å². The van der Waals surface area contributed by atoms with Crippen molar-refractivity contribution >= 4 is 78.7 Å². The van der Waals surface area contributed by atoms with E-state index < -0.39 is 25.2 Å². The third-order valence-corrected chi connectivity index (χ3v) is 6.57. The van der Waals surface area contributed by atoms with E-state index in [1.807, 2.05) is 0 Å². The van der Waals surface area contributed by atoms with Crippen LogP contribution in [-0.2, 0) is 17.7 Å². The van der Waals surface area contributed by atoms with Crippen molar-refractivity contribution in [2.24, 2.45) is 0 Å². The van der Waals surface area contributed by atoms with Crippen LogP contribution in [0.25, 0.3) is 0 Å². The van der Waals surface area contributed by atoms with Crippen LogP contribution in [0.15, 0.2) is 0 Å². The van der Waals surface area contributed by atoms with Crippen molar-refractivity contribution in [2.75, 3.05) is 44.6 Å². The van der Waals surface area contributed by atoms with Gasteiger partial charge >= 0.3 is 9.05 Å². The monoisotopic (exact) mass is 440 g/mol. The van der Waals surface area contributed by atoms with Gasteiger partial charge < -0.3 is 17.7 Å². The Labute approximate surface area is 156 Å². The van der Waals surface area contributed by atoms with Crippen LogP contribution in [0.1, 0.15) is 0 Å². The minimum absolute atomic E-state index is 0.104. The van der Waals surface area contributed by atoms with Gasteiger partial charge in [-0.15, -0.1) is 69.6 Å². The Morgan fingerprint density at radius 2 is 1.00 bits per heavy atom. The van der Waals surface area contributed by atoms with Gasteiger partial charge in [-0.1, -0.05) is 0 Å². The molecule has 0 bridgehead atoms. The molecule has 0 aliphatic rings. The summed E-state index contributed by atoms with van der Waals surface area (Å²) >= 11 is 34.6. The third kappa shape index (κ3) is 10.3. The molecule has 128 valence electrons. The first-order valence-corrected chi connectivity index (χ1v) is 10.5. The van der Waals surface area contributed by atoms with E-state index in [1.54, 1.807) is 0 Å². The molecule has 0 aliphatic heterocycles. The summed E-state index contributed by atoms with van der Waals surface area (Å²) in [5.74, 6) is 0.653. The molecule has 11 heteroatoms. The van der Waals surface area contributed by atoms with Crippen molar-refractivity contribution in [2.45, 2.75) is 16.1 Å². The second-order valence-electron chi connectivity index (χ2n) is 3.89. The summed E-state index contributed by atoms with van der Waals surface area (Å²) in [6.45, 7) is 0.312. The molecular weight excluding hydrogens is 425 g/mol. The molecule has 0 aliphatic carbocycles. The fraction of sp³-hybridized carbons (Fsp3) is 1.00. The molecule has 0 rings (SSSR count). The molecule has 4 nitrogen and oxygen atoms in total. The van der Waals surface area contributed by atoms with Crippen LogP contribution in [0.3, 0.4) is 0 Å². The molecule has 0 aromatic rings. The summed E-state index contributed by atoms with van der Waals surface area (Å²) in [5, 5.41) is -1.21. The zero-order valence-electron chi connectivity index (χ0n) is 11.4. The lowest BCUT2D eigenvalue weighted by atomic mass is 10.5. The molecule has 0 spiro atoms. The minimum atomic E-state index is -3.44. The van der Waals surface area contributed by atoms with Crippen molar-refractivity contribution in [1.82, 2.24) is 0 Å². The van der Waals surface area contributed by atoms with Gasteiger partial charge in [0, 0.05) is 24.7 Å². The van der Waals surface area contributed by atoms with Gasteiger partial charge in [0.2, 0.25) is 0 Å². The number of alkyl halides is 6. The van der Waals surface area contributed by atoms with E-state index >= 15 is 0 Å². The number of hydrogen-bond donors (Lipinski definition) is 0. The molecule has 0 saturated heterocycles. The van der Waals surface area contributed by atoms with E-state index in [9.17, 15) is 0 Å². The molecule has 0 N–H and O–H groups in total. The Balaban J connectivity index is 4.65. The Kier molecular flexibility index (Phi) is 14.3. The van der Waals surface area contributed by atoms with Gasteiger partial charge in [-0.3, -0.25) is 0 Å². The van der Waals surface area contributed by atoms with Crippen molar-refractivity contribution in [1.29, 1.82) is 0 Å². The Hall–Kier alpha value is 1.80. The summed E-state index contributed by atoms with van der Waals surface area (Å²) < 4.78 is 22.0. The maximum Gasteiger partial charge on any atom is 0.679 e. The van der Waals surface area contributed by atoms with Crippen LogP contribution in [-0.4, -0.2) is 69.7 Å². The lowest BCUT2D eigenvalue weighted by Gasteiger charge is -2.28. The van der Waals surface area contributed by atoms with E-state index in [0.29, 0.717) is 0 Å². The number of hydrogen-bond acceptors (Lipinski definition) is 4. The average Bonchev–Trinajstić information content (AvgIpc) is 2.53. The summed E-state index contributed by atoms with van der Waals surface area (Å²) in [5.41, 5.74) is 0. The van der Waals surface area contributed by atoms with Crippen molar-refractivity contribution in [3.05, 3.63) is 0 Å². The highest BCUT2D eigenvalue weighted by molar-refractivity contribution is 6.53. The second kappa shape index (κ2) is 13.1. The molecule has 0 aromatic carbocycles. The van der Waals surface area contributed by atoms with Gasteiger partial charge in [-0.2, -0.15) is 0 Å². The van der Waals surface area contributed by atoms with Gasteiger partial charge in [-0.25, -0.2) is 0 Å². The maximum atomic E-state index is 5.91. The molecule has 0 aromatic heterocycles. The molecule has 0 radical (unpaired) electrons. The van der Waals surface area contributed by atoms with Crippen LogP contribution < -0.4 is 0 Å². The molecule has 3 atom stereocenters. The van der Waals surface area contributed by atoms with Crippen LogP contribution >= 0.6 is 69.6 Å². The molecule has 3 unspecified atom stereocenters. The van der Waals surface area contributed by atoms with E-state index in [1.165, 1.54) is 7.11 Å². The van der Waals surface area contributed by atoms with Crippen LogP contribution in [0.5, 0.6) is 0 Å². The highest BCUT2D eigenvalue weighted by Crippen LogP contribution is 2.17. The Morgan fingerprint density at radius 1 is 0.714 bits per heavy atom. The quantitative estimate of drug-likeness (QED) is 0.322. The highest BCUT2D eigenvalue weighted by Gasteiger charge is 2.46. The number of rotatable bonds is 13. The van der Waals surface area contributed by atoms with Crippen LogP contribution in [0.2, 0.25) is 0 Å². The summed E-state index contributed by atoms with van der Waals surface area (Å²) in [6, 6.07) is 0. The maximum absolute atomic E-state index is 5.91. The fourth-order valence-electron chi connectivity index (χ4n) is 1.01. The molecular formula is C10H18Cl6O4Si. The first kappa shape index (κ1) is 22.8. The van der Waals surface area contributed by atoms with Gasteiger partial charge in [-0.05, 0) is 0 Å². The molecule has 0 saturated carbocycles. The predicted molar refractivity (Wildman–Crippen MR) is 91.7 cm³/mol. The van der Waals surface area contributed by atoms with E-state index in [0.717, 1.165) is 0 Å². The Bertz CT molecular complexity index is 230. The first-order valence-electron chi connectivity index (χ1n) is 6.00. The smallest absolute Gasteiger partial charge is 0.355 e. The lowest BCUT2D eigenvalue weighted by Crippen LogP contribution is -2.51. The van der Waals surface area contributed by atoms with Crippen molar-refractivity contribution in [3.63, 3.8) is 0 Å². The summed E-state index contributed by atoms with van der Waals surface area (Å²) in [7, 11) is -2.03. The summed E-state index contributed by atoms with van der Waals surface area (Å²) in [6.07, 6.45) is 0. The molecule has 21 heavy (non-hydrogen) atoms. The zero-order valence-corrected chi connectivity index (χ0v) is 16.9. The highest BCUT2D eigenvalue weighted by atomic mass is 35.5. The van der Waals surface area contributed by atoms with E-state index in [4.69, 9.17) is 87.3 Å². The second-order valence-corrected chi connectivity index (χ2v) is 8.94. The van der Waals surface area contributed by atoms with Gasteiger partial charge in [0.25, 0.3) is 0 Å². The third-order valence-electron chi connectivity index (χ3n) is 2.08. The normalized spacial score (nSPS) is 19.0. The Morgan fingerprint density at radius 3 is 1.19 bits per heavy atom. The lowest BCUT2D eigenvalue weighted by molar-refractivity contribution is -0.0206. The van der Waals surface area contributed by atoms with Crippen molar-refractivity contribution in [3.8, 4) is 0 Å². The largest absolute Gasteiger partial charge is 0.679 e. The zero-order chi connectivity index (χ0) is 16.3. The molecule has 0 fully saturated rings. The predicted octanol–water partition coefficient (Wildman–Crippen LogP) is 3.66. The minimum Gasteiger partial charge on any atom is -0.355 e. The van der Waals surface area contributed by atoms with Gasteiger partial charge in [0.1, 0.15) is 0 Å². The topological polar surface area (TPSA) is 36.9 Å². The fourth-order valence-corrected chi connectivity index (χ4v) is 3.61. The molecule has 0 amide bonds. The van der Waals surface area contributed by atoms with Crippen LogP contribution in [0.4, 0.5) is 0 Å². The van der Waals surface area contributed by atoms with E-state index in [-0.39, 0.29) is 37.5 Å². The van der Waals surface area contributed by atoms with Crippen molar-refractivity contribution < 1.29 is 17.7 Å². The first-order chi connectivity index (χ1) is 9.92. The summed E-state index contributed by atoms with van der Waals surface area (Å²) in [4.78, 5) is 0. The van der Waals surface area contributed by atoms with E-state index in [2.05, 4.69) is 0 Å². The standard InChI is InChI=1S/C10H18Cl6O4Si/c1-17-21(18-5-8(14)2-11,19-6-9(15)3-12)20-7-10(16)4-13/h8-10H,2-7H2,1H3. The SMILES string of the molecule is CO[Si](OCC(Cl)CCl)(OCC(Cl)CCl)OCC(Cl)CCl. The molecule has 0 heterocycles.